The zero-order valence-electron chi connectivity index (χ0n) is 13.0. The predicted molar refractivity (Wildman–Crippen MR) is 84.4 cm³/mol. The normalized spacial score (nSPS) is 14.7. The van der Waals surface area contributed by atoms with Gasteiger partial charge in [0.2, 0.25) is 0 Å². The number of ether oxygens (including phenoxy) is 1. The Morgan fingerprint density at radius 1 is 1.30 bits per heavy atom. The lowest BCUT2D eigenvalue weighted by molar-refractivity contribution is -0.0268. The lowest BCUT2D eigenvalue weighted by Crippen LogP contribution is -2.38. The summed E-state index contributed by atoms with van der Waals surface area (Å²) < 4.78 is 5.80. The molecule has 0 heterocycles. The maximum atomic E-state index is 10.3. The first-order valence-electron chi connectivity index (χ1n) is 7.10. The molecule has 20 heavy (non-hydrogen) atoms. The highest BCUT2D eigenvalue weighted by Crippen LogP contribution is 2.28. The number of rotatable bonds is 7. The molecule has 4 heteroatoms. The fraction of sp³-hybridized carbons (Fsp3) is 0.625. The Kier molecular flexibility index (Phi) is 6.31. The van der Waals surface area contributed by atoms with E-state index in [1.807, 2.05) is 32.0 Å². The molecule has 1 aromatic rings. The van der Waals surface area contributed by atoms with E-state index in [-0.39, 0.29) is 12.5 Å². The summed E-state index contributed by atoms with van der Waals surface area (Å²) >= 11 is 6.24. The van der Waals surface area contributed by atoms with E-state index in [9.17, 15) is 5.11 Å². The molecule has 0 amide bonds. The van der Waals surface area contributed by atoms with Gasteiger partial charge in [0, 0.05) is 23.2 Å². The quantitative estimate of drug-likeness (QED) is 0.808. The van der Waals surface area contributed by atoms with E-state index in [1.54, 1.807) is 6.92 Å². The van der Waals surface area contributed by atoms with Crippen molar-refractivity contribution in [1.82, 2.24) is 5.32 Å². The summed E-state index contributed by atoms with van der Waals surface area (Å²) in [5.74, 6) is 0.852. The van der Waals surface area contributed by atoms with E-state index in [0.717, 1.165) is 11.3 Å². The molecule has 0 spiro atoms. The minimum atomic E-state index is -0.856. The Labute approximate surface area is 127 Å². The second-order valence-electron chi connectivity index (χ2n) is 6.05. The first-order chi connectivity index (χ1) is 9.24. The zero-order chi connectivity index (χ0) is 15.3. The smallest absolute Gasteiger partial charge is 0.125 e. The van der Waals surface area contributed by atoms with E-state index in [1.165, 1.54) is 0 Å². The lowest BCUT2D eigenvalue weighted by Gasteiger charge is -2.28. The van der Waals surface area contributed by atoms with Crippen LogP contribution >= 0.6 is 11.6 Å². The number of halogens is 1. The van der Waals surface area contributed by atoms with Crippen LogP contribution < -0.4 is 10.1 Å². The number of hydrogen-bond donors (Lipinski definition) is 2. The average molecular weight is 300 g/mol. The monoisotopic (exact) mass is 299 g/mol. The third-order valence-corrected chi connectivity index (χ3v) is 3.88. The van der Waals surface area contributed by atoms with Crippen LogP contribution in [0.25, 0.3) is 0 Å². The molecule has 0 bridgehead atoms. The summed E-state index contributed by atoms with van der Waals surface area (Å²) in [5, 5.41) is 14.3. The summed E-state index contributed by atoms with van der Waals surface area (Å²) in [6.07, 6.45) is 0. The molecule has 0 aromatic heterocycles. The molecule has 1 unspecified atom stereocenters. The van der Waals surface area contributed by atoms with Crippen LogP contribution in [-0.2, 0) is 6.54 Å². The maximum Gasteiger partial charge on any atom is 0.125 e. The third-order valence-electron chi connectivity index (χ3n) is 3.53. The van der Waals surface area contributed by atoms with Gasteiger partial charge >= 0.3 is 0 Å². The largest absolute Gasteiger partial charge is 0.490 e. The van der Waals surface area contributed by atoms with Crippen LogP contribution in [0.2, 0.25) is 5.02 Å². The van der Waals surface area contributed by atoms with Gasteiger partial charge in [-0.2, -0.15) is 0 Å². The molecule has 1 atom stereocenters. The summed E-state index contributed by atoms with van der Waals surface area (Å²) in [6, 6.07) is 5.98. The zero-order valence-corrected chi connectivity index (χ0v) is 13.8. The highest BCUT2D eigenvalue weighted by molar-refractivity contribution is 6.31. The highest BCUT2D eigenvalue weighted by Gasteiger charge is 2.26. The van der Waals surface area contributed by atoms with Crippen LogP contribution in [0.5, 0.6) is 5.75 Å². The van der Waals surface area contributed by atoms with Crippen molar-refractivity contribution < 1.29 is 9.84 Å². The fourth-order valence-electron chi connectivity index (χ4n) is 1.54. The standard InChI is InChI=1S/C16H26ClNO2/c1-11(2)16(5,19)10-20-15-8-6-7-14(17)13(15)9-18-12(3)4/h6-8,11-12,18-19H,9-10H2,1-5H3. The molecule has 0 aliphatic heterocycles. The summed E-state index contributed by atoms with van der Waals surface area (Å²) in [7, 11) is 0. The third kappa shape index (κ3) is 4.97. The van der Waals surface area contributed by atoms with Gasteiger partial charge in [0.25, 0.3) is 0 Å². The van der Waals surface area contributed by atoms with E-state index in [0.29, 0.717) is 17.6 Å². The topological polar surface area (TPSA) is 41.5 Å². The van der Waals surface area contributed by atoms with Gasteiger partial charge in [-0.05, 0) is 25.0 Å². The Morgan fingerprint density at radius 3 is 2.50 bits per heavy atom. The molecule has 2 N–H and O–H groups in total. The van der Waals surface area contributed by atoms with Crippen molar-refractivity contribution >= 4 is 11.6 Å². The molecule has 3 nitrogen and oxygen atoms in total. The Bertz CT molecular complexity index is 430. The van der Waals surface area contributed by atoms with Gasteiger partial charge in [-0.3, -0.25) is 0 Å². The molecular weight excluding hydrogens is 274 g/mol. The maximum absolute atomic E-state index is 10.3. The second kappa shape index (κ2) is 7.30. The summed E-state index contributed by atoms with van der Waals surface area (Å²) in [6.45, 7) is 10.8. The number of hydrogen-bond acceptors (Lipinski definition) is 3. The van der Waals surface area contributed by atoms with Gasteiger partial charge in [0.15, 0.2) is 0 Å². The highest BCUT2D eigenvalue weighted by atomic mass is 35.5. The first kappa shape index (κ1) is 17.3. The van der Waals surface area contributed by atoms with Gasteiger partial charge in [0.05, 0.1) is 5.60 Å². The van der Waals surface area contributed by atoms with Crippen molar-refractivity contribution in [3.8, 4) is 5.75 Å². The molecule has 0 aliphatic rings. The molecule has 0 saturated heterocycles. The lowest BCUT2D eigenvalue weighted by atomic mass is 9.94. The summed E-state index contributed by atoms with van der Waals surface area (Å²) in [4.78, 5) is 0. The minimum Gasteiger partial charge on any atom is -0.490 e. The van der Waals surface area contributed by atoms with E-state index < -0.39 is 5.60 Å². The Morgan fingerprint density at radius 2 is 1.95 bits per heavy atom. The average Bonchev–Trinajstić information content (AvgIpc) is 2.34. The minimum absolute atomic E-state index is 0.124. The predicted octanol–water partition coefficient (Wildman–Crippen LogP) is 3.62. The van der Waals surface area contributed by atoms with Crippen LogP contribution in [0.3, 0.4) is 0 Å². The van der Waals surface area contributed by atoms with Crippen LogP contribution in [0.1, 0.15) is 40.2 Å². The summed E-state index contributed by atoms with van der Waals surface area (Å²) in [5.41, 5.74) is 0.0767. The van der Waals surface area contributed by atoms with E-state index >= 15 is 0 Å². The SMILES string of the molecule is CC(C)NCc1c(Cl)cccc1OCC(C)(O)C(C)C. The van der Waals surface area contributed by atoms with Crippen molar-refractivity contribution in [3.63, 3.8) is 0 Å². The van der Waals surface area contributed by atoms with E-state index in [4.69, 9.17) is 16.3 Å². The van der Waals surface area contributed by atoms with Gasteiger partial charge in [-0.1, -0.05) is 45.4 Å². The van der Waals surface area contributed by atoms with Crippen LogP contribution in [-0.4, -0.2) is 23.4 Å². The van der Waals surface area contributed by atoms with E-state index in [2.05, 4.69) is 19.2 Å². The first-order valence-corrected chi connectivity index (χ1v) is 7.47. The molecule has 0 fully saturated rings. The molecule has 0 radical (unpaired) electrons. The van der Waals surface area contributed by atoms with Crippen LogP contribution in [0.4, 0.5) is 0 Å². The van der Waals surface area contributed by atoms with Crippen molar-refractivity contribution in [3.05, 3.63) is 28.8 Å². The molecular formula is C16H26ClNO2. The van der Waals surface area contributed by atoms with Crippen molar-refractivity contribution in [2.45, 2.75) is 52.8 Å². The molecule has 1 aromatic carbocycles. The van der Waals surface area contributed by atoms with Gasteiger partial charge in [-0.15, -0.1) is 0 Å². The van der Waals surface area contributed by atoms with Gasteiger partial charge in [0.1, 0.15) is 12.4 Å². The molecule has 1 rings (SSSR count). The Hall–Kier alpha value is -0.770. The van der Waals surface area contributed by atoms with Crippen molar-refractivity contribution in [2.75, 3.05) is 6.61 Å². The second-order valence-corrected chi connectivity index (χ2v) is 6.46. The van der Waals surface area contributed by atoms with Crippen molar-refractivity contribution in [2.24, 2.45) is 5.92 Å². The van der Waals surface area contributed by atoms with Crippen molar-refractivity contribution in [1.29, 1.82) is 0 Å². The Balaban J connectivity index is 2.81. The fourth-order valence-corrected chi connectivity index (χ4v) is 1.78. The van der Waals surface area contributed by atoms with Crippen LogP contribution in [0, 0.1) is 5.92 Å². The van der Waals surface area contributed by atoms with Crippen LogP contribution in [0.15, 0.2) is 18.2 Å². The van der Waals surface area contributed by atoms with Gasteiger partial charge in [-0.25, -0.2) is 0 Å². The number of benzene rings is 1. The molecule has 0 saturated carbocycles. The molecule has 114 valence electrons. The number of aliphatic hydroxyl groups is 1. The number of nitrogens with one attached hydrogen (secondary N) is 1. The molecule has 0 aliphatic carbocycles. The van der Waals surface area contributed by atoms with Gasteiger partial charge < -0.3 is 15.2 Å².